The van der Waals surface area contributed by atoms with Gasteiger partial charge in [0, 0.05) is 38.5 Å². The van der Waals surface area contributed by atoms with Crippen molar-refractivity contribution in [2.24, 2.45) is 11.3 Å². The molecule has 8 nitrogen and oxygen atoms in total. The topological polar surface area (TPSA) is 106 Å². The molecular weight excluding hydrogens is 358 g/mol. The van der Waals surface area contributed by atoms with Crippen LogP contribution in [0.4, 0.5) is 0 Å². The molecule has 26 heavy (non-hydrogen) atoms. The van der Waals surface area contributed by atoms with Gasteiger partial charge in [-0.1, -0.05) is 11.2 Å². The molecule has 0 bridgehead atoms. The van der Waals surface area contributed by atoms with Gasteiger partial charge in [-0.3, -0.25) is 9.59 Å². The van der Waals surface area contributed by atoms with Crippen LogP contribution in [0.25, 0.3) is 10.7 Å². The molecule has 0 unspecified atom stereocenters. The van der Waals surface area contributed by atoms with Crippen LogP contribution < -0.4 is 0 Å². The SMILES string of the molecule is O=C(CCc1nc(-c2cccs2)no1)N1C[C@H]2COCC[C@@]2(C(=O)O)C1. The number of aliphatic carboxylic acids is 1. The third-order valence-electron chi connectivity index (χ3n) is 5.25. The van der Waals surface area contributed by atoms with Gasteiger partial charge >= 0.3 is 5.97 Å². The second-order valence-corrected chi connectivity index (χ2v) is 7.69. The summed E-state index contributed by atoms with van der Waals surface area (Å²) in [5.74, 6) is -0.132. The predicted octanol–water partition coefficient (Wildman–Crippen LogP) is 1.68. The minimum Gasteiger partial charge on any atom is -0.481 e. The third-order valence-corrected chi connectivity index (χ3v) is 6.11. The van der Waals surface area contributed by atoms with Crippen LogP contribution in [0.1, 0.15) is 18.7 Å². The zero-order valence-corrected chi connectivity index (χ0v) is 14.9. The Kier molecular flexibility index (Phi) is 4.49. The molecule has 2 aromatic rings. The van der Waals surface area contributed by atoms with E-state index in [1.54, 1.807) is 4.90 Å². The number of thiophene rings is 1. The van der Waals surface area contributed by atoms with Crippen LogP contribution in [0.5, 0.6) is 0 Å². The summed E-state index contributed by atoms with van der Waals surface area (Å²) in [6, 6.07) is 3.82. The number of nitrogens with zero attached hydrogens (tertiary/aromatic N) is 3. The van der Waals surface area contributed by atoms with E-state index in [1.807, 2.05) is 17.5 Å². The van der Waals surface area contributed by atoms with Crippen molar-refractivity contribution in [2.45, 2.75) is 19.3 Å². The molecule has 9 heteroatoms. The van der Waals surface area contributed by atoms with E-state index in [4.69, 9.17) is 9.26 Å². The average Bonchev–Trinajstić information content (AvgIpc) is 3.38. The molecule has 1 amide bonds. The lowest BCUT2D eigenvalue weighted by atomic mass is 9.74. The molecule has 2 aliphatic rings. The maximum absolute atomic E-state index is 12.6. The zero-order valence-electron chi connectivity index (χ0n) is 14.1. The number of ether oxygens (including phenoxy) is 1. The molecule has 2 aliphatic heterocycles. The molecule has 2 fully saturated rings. The van der Waals surface area contributed by atoms with Crippen LogP contribution in [0, 0.1) is 11.3 Å². The van der Waals surface area contributed by atoms with Gasteiger partial charge in [0.2, 0.25) is 17.6 Å². The average molecular weight is 377 g/mol. The highest BCUT2D eigenvalue weighted by Gasteiger charge is 2.54. The quantitative estimate of drug-likeness (QED) is 0.845. The van der Waals surface area contributed by atoms with Crippen LogP contribution in [0.15, 0.2) is 22.0 Å². The first-order valence-electron chi connectivity index (χ1n) is 8.54. The standard InChI is InChI=1S/C17H19N3O5S/c21-14(4-3-13-18-15(19-25-13)12-2-1-7-26-12)20-8-11-9-24-6-5-17(11,10-20)16(22)23/h1-2,7,11H,3-6,8-10H2,(H,22,23)/t11-,17+/m0/s1. The number of likely N-dealkylation sites (tertiary alicyclic amines) is 1. The van der Waals surface area contributed by atoms with Crippen LogP contribution in [-0.2, 0) is 20.7 Å². The summed E-state index contributed by atoms with van der Waals surface area (Å²) in [5, 5.41) is 15.5. The van der Waals surface area contributed by atoms with Crippen molar-refractivity contribution >= 4 is 23.2 Å². The maximum Gasteiger partial charge on any atom is 0.311 e. The van der Waals surface area contributed by atoms with Crippen LogP contribution in [0.2, 0.25) is 0 Å². The Labute approximate surface area is 153 Å². The molecule has 1 N–H and O–H groups in total. The fourth-order valence-corrected chi connectivity index (χ4v) is 4.37. The molecule has 0 spiro atoms. The van der Waals surface area contributed by atoms with E-state index < -0.39 is 11.4 Å². The third kappa shape index (κ3) is 3.01. The number of hydrogen-bond donors (Lipinski definition) is 1. The number of rotatable bonds is 5. The number of carboxylic acid groups (broad SMARTS) is 1. The fourth-order valence-electron chi connectivity index (χ4n) is 3.72. The molecule has 2 saturated heterocycles. The van der Waals surface area contributed by atoms with Gasteiger partial charge in [0.15, 0.2) is 0 Å². The monoisotopic (exact) mass is 377 g/mol. The largest absolute Gasteiger partial charge is 0.481 e. The van der Waals surface area contributed by atoms with Crippen molar-refractivity contribution in [1.29, 1.82) is 0 Å². The maximum atomic E-state index is 12.6. The number of fused-ring (bicyclic) bond motifs is 1. The first-order valence-corrected chi connectivity index (χ1v) is 9.42. The fraction of sp³-hybridized carbons (Fsp3) is 0.529. The van der Waals surface area contributed by atoms with Crippen molar-refractivity contribution < 1.29 is 24.0 Å². The summed E-state index contributed by atoms with van der Waals surface area (Å²) in [6.07, 6.45) is 1.01. The van der Waals surface area contributed by atoms with Crippen molar-refractivity contribution in [3.05, 3.63) is 23.4 Å². The number of amides is 1. The number of aryl methyl sites for hydroxylation is 1. The van der Waals surface area contributed by atoms with Gasteiger partial charge in [0.05, 0.1) is 16.9 Å². The lowest BCUT2D eigenvalue weighted by Gasteiger charge is -2.33. The second-order valence-electron chi connectivity index (χ2n) is 6.75. The summed E-state index contributed by atoms with van der Waals surface area (Å²) in [6.45, 7) is 1.50. The molecule has 0 aliphatic carbocycles. The van der Waals surface area contributed by atoms with Crippen molar-refractivity contribution in [3.63, 3.8) is 0 Å². The van der Waals surface area contributed by atoms with Crippen molar-refractivity contribution in [2.75, 3.05) is 26.3 Å². The Hall–Kier alpha value is -2.26. The minimum absolute atomic E-state index is 0.0871. The summed E-state index contributed by atoms with van der Waals surface area (Å²) in [4.78, 5) is 31.2. The molecule has 2 atom stereocenters. The zero-order chi connectivity index (χ0) is 18.1. The Morgan fingerprint density at radius 2 is 2.35 bits per heavy atom. The first kappa shape index (κ1) is 17.2. The van der Waals surface area contributed by atoms with Crippen LogP contribution >= 0.6 is 11.3 Å². The van der Waals surface area contributed by atoms with Gasteiger partial charge in [0.1, 0.15) is 0 Å². The van der Waals surface area contributed by atoms with Gasteiger partial charge in [-0.05, 0) is 17.9 Å². The van der Waals surface area contributed by atoms with Gasteiger partial charge in [-0.2, -0.15) is 4.98 Å². The Balaban J connectivity index is 1.38. The highest BCUT2D eigenvalue weighted by molar-refractivity contribution is 7.13. The Morgan fingerprint density at radius 3 is 3.08 bits per heavy atom. The van der Waals surface area contributed by atoms with Crippen molar-refractivity contribution in [1.82, 2.24) is 15.0 Å². The summed E-state index contributed by atoms with van der Waals surface area (Å²) in [7, 11) is 0. The van der Waals surface area contributed by atoms with Gasteiger partial charge in [-0.15, -0.1) is 11.3 Å². The smallest absolute Gasteiger partial charge is 0.311 e. The minimum atomic E-state index is -0.870. The Morgan fingerprint density at radius 1 is 1.46 bits per heavy atom. The summed E-state index contributed by atoms with van der Waals surface area (Å²) >= 11 is 1.52. The van der Waals surface area contributed by atoms with E-state index in [0.717, 1.165) is 4.88 Å². The predicted molar refractivity (Wildman–Crippen MR) is 91.5 cm³/mol. The van der Waals surface area contributed by atoms with Gasteiger partial charge < -0.3 is 19.3 Å². The van der Waals surface area contributed by atoms with Crippen LogP contribution in [0.3, 0.4) is 0 Å². The molecule has 0 aromatic carbocycles. The molecule has 4 rings (SSSR count). The van der Waals surface area contributed by atoms with E-state index >= 15 is 0 Å². The molecule has 4 heterocycles. The molecule has 0 radical (unpaired) electrons. The first-order chi connectivity index (χ1) is 12.6. The summed E-state index contributed by atoms with van der Waals surface area (Å²) < 4.78 is 10.6. The number of carbonyl (C=O) groups excluding carboxylic acids is 1. The number of carboxylic acids is 1. The van der Waals surface area contributed by atoms with Crippen molar-refractivity contribution in [3.8, 4) is 10.7 Å². The Bertz CT molecular complexity index is 805. The summed E-state index contributed by atoms with van der Waals surface area (Å²) in [5.41, 5.74) is -0.870. The highest BCUT2D eigenvalue weighted by Crippen LogP contribution is 2.42. The van der Waals surface area contributed by atoms with Gasteiger partial charge in [-0.25, -0.2) is 0 Å². The second kappa shape index (κ2) is 6.81. The lowest BCUT2D eigenvalue weighted by Crippen LogP contribution is -2.45. The van der Waals surface area contributed by atoms with E-state index in [0.29, 0.717) is 44.3 Å². The van der Waals surface area contributed by atoms with E-state index in [2.05, 4.69) is 10.1 Å². The molecule has 138 valence electrons. The van der Waals surface area contributed by atoms with Gasteiger partial charge in [0.25, 0.3) is 0 Å². The highest BCUT2D eigenvalue weighted by atomic mass is 32.1. The molecule has 2 aromatic heterocycles. The number of aromatic nitrogens is 2. The normalized spacial score (nSPS) is 25.2. The van der Waals surface area contributed by atoms with Crippen LogP contribution in [-0.4, -0.2) is 58.3 Å². The van der Waals surface area contributed by atoms with E-state index in [9.17, 15) is 14.7 Å². The van der Waals surface area contributed by atoms with E-state index in [-0.39, 0.29) is 24.8 Å². The molecular formula is C17H19N3O5S. The lowest BCUT2D eigenvalue weighted by molar-refractivity contribution is -0.157. The number of carbonyl (C=O) groups is 2. The number of hydrogen-bond acceptors (Lipinski definition) is 7. The molecule has 0 saturated carbocycles. The van der Waals surface area contributed by atoms with E-state index in [1.165, 1.54) is 11.3 Å².